The Hall–Kier alpha value is -3.17. The number of rotatable bonds is 5. The van der Waals surface area contributed by atoms with Crippen molar-refractivity contribution in [1.82, 2.24) is 10.6 Å². The summed E-state index contributed by atoms with van der Waals surface area (Å²) in [6, 6.07) is 2.52. The molecule has 0 radical (unpaired) electrons. The van der Waals surface area contributed by atoms with Crippen LogP contribution in [0.2, 0.25) is 0 Å². The number of ether oxygens (including phenoxy) is 1. The van der Waals surface area contributed by atoms with Gasteiger partial charge in [-0.25, -0.2) is 9.59 Å². The summed E-state index contributed by atoms with van der Waals surface area (Å²) in [5, 5.41) is 14.9. The lowest BCUT2D eigenvalue weighted by molar-refractivity contribution is -0.384. The average Bonchev–Trinajstić information content (AvgIpc) is 2.46. The summed E-state index contributed by atoms with van der Waals surface area (Å²) in [6.45, 7) is 3.27. The number of hydrogen-bond acceptors (Lipinski definition) is 7. The highest BCUT2D eigenvalue weighted by Gasteiger charge is 2.22. The van der Waals surface area contributed by atoms with E-state index in [0.29, 0.717) is 6.54 Å². The van der Waals surface area contributed by atoms with Gasteiger partial charge >= 0.3 is 12.0 Å². The lowest BCUT2D eigenvalue weighted by Crippen LogP contribution is -2.44. The molecule has 0 saturated carbocycles. The number of anilines is 1. The zero-order valence-corrected chi connectivity index (χ0v) is 12.5. The predicted molar refractivity (Wildman–Crippen MR) is 79.6 cm³/mol. The van der Waals surface area contributed by atoms with Gasteiger partial charge in [-0.15, -0.1) is 0 Å². The number of amides is 3. The van der Waals surface area contributed by atoms with Crippen LogP contribution in [-0.4, -0.2) is 35.5 Å². The molecule has 0 fully saturated rings. The van der Waals surface area contributed by atoms with Crippen LogP contribution in [0.25, 0.3) is 0 Å². The largest absolute Gasteiger partial charge is 0.449 e. The summed E-state index contributed by atoms with van der Waals surface area (Å²) in [6.07, 6.45) is -1.25. The molecule has 0 aliphatic rings. The quantitative estimate of drug-likeness (QED) is 0.309. The molecule has 0 unspecified atom stereocenters. The summed E-state index contributed by atoms with van der Waals surface area (Å²) < 4.78 is 4.88. The topological polar surface area (TPSA) is 154 Å². The van der Waals surface area contributed by atoms with Crippen molar-refractivity contribution in [2.75, 3.05) is 12.3 Å². The normalized spacial score (nSPS) is 11.2. The van der Waals surface area contributed by atoms with Crippen molar-refractivity contribution < 1.29 is 24.0 Å². The molecule has 1 aromatic carbocycles. The Labute approximate surface area is 131 Å². The van der Waals surface area contributed by atoms with Crippen molar-refractivity contribution in [1.29, 1.82) is 0 Å². The van der Waals surface area contributed by atoms with Crippen LogP contribution < -0.4 is 16.4 Å². The number of nitrogen functional groups attached to an aromatic ring is 1. The van der Waals surface area contributed by atoms with Gasteiger partial charge in [0.05, 0.1) is 16.2 Å². The van der Waals surface area contributed by atoms with Gasteiger partial charge < -0.3 is 15.8 Å². The van der Waals surface area contributed by atoms with Gasteiger partial charge in [-0.05, 0) is 19.9 Å². The van der Waals surface area contributed by atoms with Crippen molar-refractivity contribution in [3.63, 3.8) is 0 Å². The molecule has 10 heteroatoms. The number of hydrogen-bond donors (Lipinski definition) is 3. The van der Waals surface area contributed by atoms with E-state index in [1.807, 2.05) is 5.32 Å². The maximum atomic E-state index is 11.9. The second kappa shape index (κ2) is 7.73. The number of nitrogens with one attached hydrogen (secondary N) is 2. The zero-order valence-electron chi connectivity index (χ0n) is 12.5. The number of carbonyl (C=O) groups excluding carboxylic acids is 3. The van der Waals surface area contributed by atoms with E-state index in [1.165, 1.54) is 6.92 Å². The summed E-state index contributed by atoms with van der Waals surface area (Å²) in [5.41, 5.74) is 5.02. The Balaban J connectivity index is 2.73. The number of nitro benzene ring substituents is 1. The van der Waals surface area contributed by atoms with E-state index in [-0.39, 0.29) is 16.9 Å². The van der Waals surface area contributed by atoms with Crippen molar-refractivity contribution in [2.45, 2.75) is 20.0 Å². The Morgan fingerprint density at radius 2 is 2.04 bits per heavy atom. The highest BCUT2D eigenvalue weighted by Crippen LogP contribution is 2.20. The molecule has 4 N–H and O–H groups in total. The molecule has 124 valence electrons. The fourth-order valence-electron chi connectivity index (χ4n) is 1.55. The fraction of sp³-hybridized carbons (Fsp3) is 0.308. The van der Waals surface area contributed by atoms with Gasteiger partial charge in [0.1, 0.15) is 0 Å². The molecular formula is C13H16N4O6. The van der Waals surface area contributed by atoms with Crippen LogP contribution in [0.5, 0.6) is 0 Å². The monoisotopic (exact) mass is 324 g/mol. The molecule has 0 aliphatic heterocycles. The van der Waals surface area contributed by atoms with Gasteiger partial charge in [0.2, 0.25) is 0 Å². The molecule has 1 aromatic rings. The van der Waals surface area contributed by atoms with E-state index in [1.54, 1.807) is 6.92 Å². The van der Waals surface area contributed by atoms with Crippen molar-refractivity contribution in [2.24, 2.45) is 0 Å². The number of carbonyl (C=O) groups is 3. The Morgan fingerprint density at radius 1 is 1.39 bits per heavy atom. The molecule has 0 saturated heterocycles. The van der Waals surface area contributed by atoms with Gasteiger partial charge in [-0.1, -0.05) is 0 Å². The molecule has 3 amide bonds. The minimum absolute atomic E-state index is 0.117. The van der Waals surface area contributed by atoms with E-state index in [4.69, 9.17) is 10.5 Å². The third kappa shape index (κ3) is 4.95. The number of non-ortho nitro benzene ring substituents is 1. The molecule has 0 aliphatic carbocycles. The smallest absolute Gasteiger partial charge is 0.341 e. The lowest BCUT2D eigenvalue weighted by atomic mass is 10.1. The van der Waals surface area contributed by atoms with Gasteiger partial charge in [-0.3, -0.25) is 20.2 Å². The van der Waals surface area contributed by atoms with E-state index >= 15 is 0 Å². The van der Waals surface area contributed by atoms with Gasteiger partial charge in [0.25, 0.3) is 11.6 Å². The highest BCUT2D eigenvalue weighted by molar-refractivity contribution is 6.00. The van der Waals surface area contributed by atoms with Crippen LogP contribution in [0.4, 0.5) is 16.2 Å². The molecule has 1 atom stereocenters. The number of imide groups is 1. The second-order valence-electron chi connectivity index (χ2n) is 4.42. The molecule has 10 nitrogen and oxygen atoms in total. The lowest BCUT2D eigenvalue weighted by Gasteiger charge is -2.13. The van der Waals surface area contributed by atoms with Gasteiger partial charge in [0, 0.05) is 18.7 Å². The third-order valence-corrected chi connectivity index (χ3v) is 2.69. The molecular weight excluding hydrogens is 308 g/mol. The minimum Gasteiger partial charge on any atom is -0.449 e. The molecule has 1 rings (SSSR count). The molecule has 0 spiro atoms. The first-order valence-corrected chi connectivity index (χ1v) is 6.59. The molecule has 0 heterocycles. The van der Waals surface area contributed by atoms with Crippen LogP contribution in [0.1, 0.15) is 24.2 Å². The molecule has 0 bridgehead atoms. The Morgan fingerprint density at radius 3 is 2.57 bits per heavy atom. The standard InChI is InChI=1S/C13H16N4O6/c1-3-15-13(20)16-11(18)7(2)23-12(19)9-5-4-8(17(21)22)6-10(9)14/h4-7H,3,14H2,1-2H3,(H2,15,16,18,20)/t7-/m1/s1. The minimum atomic E-state index is -1.25. The first-order chi connectivity index (χ1) is 10.8. The van der Waals surface area contributed by atoms with E-state index in [2.05, 4.69) is 5.32 Å². The number of esters is 1. The van der Waals surface area contributed by atoms with E-state index < -0.39 is 28.9 Å². The SMILES string of the molecule is CCNC(=O)NC(=O)[C@@H](C)OC(=O)c1ccc([N+](=O)[O-])cc1N. The zero-order chi connectivity index (χ0) is 17.6. The summed E-state index contributed by atoms with van der Waals surface area (Å²) in [4.78, 5) is 44.7. The van der Waals surface area contributed by atoms with Crippen LogP contribution >= 0.6 is 0 Å². The van der Waals surface area contributed by atoms with Crippen LogP contribution in [0.3, 0.4) is 0 Å². The first-order valence-electron chi connectivity index (χ1n) is 6.59. The number of nitro groups is 1. The second-order valence-corrected chi connectivity index (χ2v) is 4.42. The number of nitrogens with two attached hydrogens (primary N) is 1. The van der Waals surface area contributed by atoms with Crippen LogP contribution in [0, 0.1) is 10.1 Å². The maximum absolute atomic E-state index is 11.9. The summed E-state index contributed by atoms with van der Waals surface area (Å²) in [5.74, 6) is -1.75. The van der Waals surface area contributed by atoms with Crippen molar-refractivity contribution in [3.05, 3.63) is 33.9 Å². The summed E-state index contributed by atoms with van der Waals surface area (Å²) >= 11 is 0. The Kier molecular flexibility index (Phi) is 6.01. The summed E-state index contributed by atoms with van der Waals surface area (Å²) in [7, 11) is 0. The average molecular weight is 324 g/mol. The van der Waals surface area contributed by atoms with Gasteiger partial charge in [0.15, 0.2) is 6.10 Å². The highest BCUT2D eigenvalue weighted by atomic mass is 16.6. The Bertz CT molecular complexity index is 645. The first kappa shape index (κ1) is 17.9. The maximum Gasteiger partial charge on any atom is 0.341 e. The molecule has 23 heavy (non-hydrogen) atoms. The van der Waals surface area contributed by atoms with E-state index in [9.17, 15) is 24.5 Å². The van der Waals surface area contributed by atoms with E-state index in [0.717, 1.165) is 18.2 Å². The number of benzene rings is 1. The third-order valence-electron chi connectivity index (χ3n) is 2.69. The van der Waals surface area contributed by atoms with Crippen molar-refractivity contribution >= 4 is 29.3 Å². The van der Waals surface area contributed by atoms with Gasteiger partial charge in [-0.2, -0.15) is 0 Å². The molecule has 0 aromatic heterocycles. The van der Waals surface area contributed by atoms with Crippen LogP contribution in [-0.2, 0) is 9.53 Å². The predicted octanol–water partition coefficient (Wildman–Crippen LogP) is 0.568. The van der Waals surface area contributed by atoms with Crippen LogP contribution in [0.15, 0.2) is 18.2 Å². The van der Waals surface area contributed by atoms with Crippen molar-refractivity contribution in [3.8, 4) is 0 Å². The fourth-order valence-corrected chi connectivity index (χ4v) is 1.55. The number of nitrogens with zero attached hydrogens (tertiary/aromatic N) is 1. The number of urea groups is 1.